The van der Waals surface area contributed by atoms with E-state index in [1.54, 1.807) is 0 Å². The maximum atomic E-state index is 13.6. The van der Waals surface area contributed by atoms with Crippen LogP contribution in [0.5, 0.6) is 0 Å². The summed E-state index contributed by atoms with van der Waals surface area (Å²) >= 11 is 0. The van der Waals surface area contributed by atoms with E-state index in [4.69, 9.17) is 0 Å². The van der Waals surface area contributed by atoms with Crippen LogP contribution in [0.3, 0.4) is 0 Å². The molecule has 25 heavy (non-hydrogen) atoms. The van der Waals surface area contributed by atoms with E-state index >= 15 is 0 Å². The first kappa shape index (κ1) is 13.9. The van der Waals surface area contributed by atoms with Crippen molar-refractivity contribution in [1.29, 1.82) is 0 Å². The Hall–Kier alpha value is -2.30. The van der Waals surface area contributed by atoms with Gasteiger partial charge in [-0.3, -0.25) is 9.59 Å². The number of carbonyl (C=O) groups excluding carboxylic acids is 2. The number of nitrogens with zero attached hydrogens (tertiary/aromatic N) is 2. The average Bonchev–Trinajstić information content (AvgIpc) is 3.25. The Morgan fingerprint density at radius 2 is 2.04 bits per heavy atom. The van der Waals surface area contributed by atoms with Crippen LogP contribution in [0.1, 0.15) is 36.9 Å². The zero-order valence-electron chi connectivity index (χ0n) is 14.1. The van der Waals surface area contributed by atoms with Crippen molar-refractivity contribution >= 4 is 22.7 Å². The van der Waals surface area contributed by atoms with Crippen molar-refractivity contribution in [1.82, 2.24) is 14.8 Å². The van der Waals surface area contributed by atoms with Crippen LogP contribution in [0.2, 0.25) is 0 Å². The third kappa shape index (κ3) is 1.55. The number of fused-ring (bicyclic) bond motifs is 4. The molecule has 1 spiro atoms. The van der Waals surface area contributed by atoms with Gasteiger partial charge in [-0.25, -0.2) is 0 Å². The molecule has 5 nitrogen and oxygen atoms in total. The minimum absolute atomic E-state index is 0.113. The van der Waals surface area contributed by atoms with Crippen molar-refractivity contribution in [2.24, 2.45) is 5.92 Å². The number of hydrogen-bond donors (Lipinski definition) is 1. The van der Waals surface area contributed by atoms with E-state index in [9.17, 15) is 9.59 Å². The standard InChI is InChI=1S/C20H21N3O2/c24-18-8-12-4-3-7-20(12)19(25)22-11-15-14-5-1-2-6-16(14)21-17(15)9-13(22)10-23(18)20/h1-2,5-6,12-13,21H,3-4,7-11H2. The number of hydrogen-bond acceptors (Lipinski definition) is 2. The maximum absolute atomic E-state index is 13.6. The van der Waals surface area contributed by atoms with Crippen LogP contribution in [-0.2, 0) is 22.6 Å². The van der Waals surface area contributed by atoms with Crippen molar-refractivity contribution < 1.29 is 9.59 Å². The predicted molar refractivity (Wildman–Crippen MR) is 92.7 cm³/mol. The van der Waals surface area contributed by atoms with Crippen LogP contribution in [-0.4, -0.2) is 44.7 Å². The second-order valence-corrected chi connectivity index (χ2v) is 8.14. The highest BCUT2D eigenvalue weighted by Crippen LogP contribution is 2.52. The Morgan fingerprint density at radius 3 is 2.96 bits per heavy atom. The number of benzene rings is 1. The van der Waals surface area contributed by atoms with E-state index in [0.717, 1.165) is 31.2 Å². The SMILES string of the molecule is O=C1CC2CCCC23C(=O)N2Cc4c([nH]c5ccccc45)CC2CN13. The summed E-state index contributed by atoms with van der Waals surface area (Å²) in [7, 11) is 0. The second-order valence-electron chi connectivity index (χ2n) is 8.14. The number of nitrogens with one attached hydrogen (secondary N) is 1. The van der Waals surface area contributed by atoms with E-state index < -0.39 is 5.54 Å². The maximum Gasteiger partial charge on any atom is 0.249 e. The molecule has 4 heterocycles. The molecule has 3 atom stereocenters. The van der Waals surface area contributed by atoms with Gasteiger partial charge in [-0.2, -0.15) is 0 Å². The third-order valence-electron chi connectivity index (χ3n) is 7.13. The van der Waals surface area contributed by atoms with Gasteiger partial charge in [0.15, 0.2) is 0 Å². The van der Waals surface area contributed by atoms with Gasteiger partial charge in [-0.1, -0.05) is 24.6 Å². The number of piperazine rings is 1. The third-order valence-corrected chi connectivity index (χ3v) is 7.13. The van der Waals surface area contributed by atoms with E-state index in [2.05, 4.69) is 28.1 Å². The fourth-order valence-electron chi connectivity index (χ4n) is 6.01. The largest absolute Gasteiger partial charge is 0.358 e. The van der Waals surface area contributed by atoms with Crippen LogP contribution in [0.25, 0.3) is 10.9 Å². The molecule has 3 aliphatic heterocycles. The number of aromatic amines is 1. The van der Waals surface area contributed by atoms with Gasteiger partial charge in [0, 0.05) is 48.1 Å². The molecule has 1 saturated carbocycles. The van der Waals surface area contributed by atoms with Gasteiger partial charge in [0.1, 0.15) is 5.54 Å². The molecule has 128 valence electrons. The summed E-state index contributed by atoms with van der Waals surface area (Å²) < 4.78 is 0. The average molecular weight is 335 g/mol. The second kappa shape index (κ2) is 4.45. The van der Waals surface area contributed by atoms with Gasteiger partial charge in [-0.05, 0) is 24.8 Å². The smallest absolute Gasteiger partial charge is 0.249 e. The normalized spacial score (nSPS) is 33.4. The summed E-state index contributed by atoms with van der Waals surface area (Å²) in [5.74, 6) is 0.644. The lowest BCUT2D eigenvalue weighted by Crippen LogP contribution is -2.69. The highest BCUT2D eigenvalue weighted by Gasteiger charge is 2.64. The quantitative estimate of drug-likeness (QED) is 0.802. The first-order chi connectivity index (χ1) is 12.2. The van der Waals surface area contributed by atoms with Crippen LogP contribution in [0, 0.1) is 5.92 Å². The Kier molecular flexibility index (Phi) is 2.48. The minimum atomic E-state index is -0.517. The van der Waals surface area contributed by atoms with E-state index in [1.807, 2.05) is 11.0 Å². The molecule has 2 amide bonds. The summed E-state index contributed by atoms with van der Waals surface area (Å²) in [6.45, 7) is 1.38. The summed E-state index contributed by atoms with van der Waals surface area (Å²) in [5, 5.41) is 1.23. The molecule has 1 N–H and O–H groups in total. The first-order valence-electron chi connectivity index (χ1n) is 9.38. The molecule has 2 saturated heterocycles. The van der Waals surface area contributed by atoms with Crippen molar-refractivity contribution in [3.05, 3.63) is 35.5 Å². The molecule has 6 rings (SSSR count). The van der Waals surface area contributed by atoms with Crippen molar-refractivity contribution in [3.8, 4) is 0 Å². The minimum Gasteiger partial charge on any atom is -0.358 e. The molecule has 1 aliphatic carbocycles. The van der Waals surface area contributed by atoms with Crippen molar-refractivity contribution in [2.75, 3.05) is 6.54 Å². The Balaban J connectivity index is 1.47. The lowest BCUT2D eigenvalue weighted by atomic mass is 9.82. The number of amides is 2. The van der Waals surface area contributed by atoms with Crippen LogP contribution in [0.4, 0.5) is 0 Å². The summed E-state index contributed by atoms with van der Waals surface area (Å²) in [5.41, 5.74) is 3.13. The van der Waals surface area contributed by atoms with Gasteiger partial charge in [-0.15, -0.1) is 0 Å². The lowest BCUT2D eigenvalue weighted by molar-refractivity contribution is -0.162. The molecule has 5 heteroatoms. The van der Waals surface area contributed by atoms with E-state index in [0.29, 0.717) is 19.5 Å². The number of aromatic nitrogens is 1. The van der Waals surface area contributed by atoms with E-state index in [1.165, 1.54) is 16.6 Å². The molecule has 4 aliphatic rings. The highest BCUT2D eigenvalue weighted by atomic mass is 16.2. The van der Waals surface area contributed by atoms with Gasteiger partial charge < -0.3 is 14.8 Å². The fourth-order valence-corrected chi connectivity index (χ4v) is 6.01. The zero-order valence-corrected chi connectivity index (χ0v) is 14.1. The predicted octanol–water partition coefficient (Wildman–Crippen LogP) is 2.21. The molecule has 0 radical (unpaired) electrons. The molecule has 2 aromatic rings. The summed E-state index contributed by atoms with van der Waals surface area (Å²) in [6, 6.07) is 8.45. The summed E-state index contributed by atoms with van der Waals surface area (Å²) in [6.07, 6.45) is 4.33. The van der Waals surface area contributed by atoms with Gasteiger partial charge >= 0.3 is 0 Å². The number of para-hydroxylation sites is 1. The van der Waals surface area contributed by atoms with Crippen molar-refractivity contribution in [3.63, 3.8) is 0 Å². The number of carbonyl (C=O) groups is 2. The van der Waals surface area contributed by atoms with Crippen molar-refractivity contribution in [2.45, 2.75) is 50.2 Å². The Morgan fingerprint density at radius 1 is 1.16 bits per heavy atom. The molecule has 1 aromatic carbocycles. The number of H-pyrrole nitrogens is 1. The lowest BCUT2D eigenvalue weighted by Gasteiger charge is -2.51. The zero-order chi connectivity index (χ0) is 16.8. The first-order valence-corrected chi connectivity index (χ1v) is 9.38. The monoisotopic (exact) mass is 335 g/mol. The fraction of sp³-hybridized carbons (Fsp3) is 0.500. The Bertz CT molecular complexity index is 932. The Labute approximate surface area is 146 Å². The van der Waals surface area contributed by atoms with E-state index in [-0.39, 0.29) is 23.8 Å². The van der Waals surface area contributed by atoms with Crippen LogP contribution < -0.4 is 0 Å². The molecule has 3 fully saturated rings. The molecule has 0 bridgehead atoms. The number of rotatable bonds is 0. The molecular weight excluding hydrogens is 314 g/mol. The van der Waals surface area contributed by atoms with Gasteiger partial charge in [0.25, 0.3) is 0 Å². The van der Waals surface area contributed by atoms with Gasteiger partial charge in [0.05, 0.1) is 6.04 Å². The van der Waals surface area contributed by atoms with Gasteiger partial charge in [0.2, 0.25) is 11.8 Å². The topological polar surface area (TPSA) is 56.4 Å². The molecule has 3 unspecified atom stereocenters. The molecule has 1 aromatic heterocycles. The highest BCUT2D eigenvalue weighted by molar-refractivity contribution is 5.97. The van der Waals surface area contributed by atoms with Crippen LogP contribution >= 0.6 is 0 Å². The van der Waals surface area contributed by atoms with Crippen LogP contribution in [0.15, 0.2) is 24.3 Å². The molecular formula is C20H21N3O2. The summed E-state index contributed by atoms with van der Waals surface area (Å²) in [4.78, 5) is 33.7.